The maximum absolute atomic E-state index is 13.9. The summed E-state index contributed by atoms with van der Waals surface area (Å²) < 4.78 is 19.0. The Bertz CT molecular complexity index is 464. The first-order chi connectivity index (χ1) is 10.0. The van der Waals surface area contributed by atoms with Gasteiger partial charge in [-0.1, -0.05) is 26.8 Å². The number of nitrogens with one attached hydrogen (secondary N) is 2. The molecule has 0 spiro atoms. The van der Waals surface area contributed by atoms with Crippen LogP contribution in [0.15, 0.2) is 18.2 Å². The van der Waals surface area contributed by atoms with Crippen molar-refractivity contribution in [1.29, 1.82) is 0 Å². The molecule has 0 heterocycles. The number of ether oxygens (including phenoxy) is 1. The standard InChI is InChI=1S/C16H25FN2O2/c1-5-9-18-15-12(7-6-8-13(15)17)16(20)19-14(10-21-4)11(2)3/h6-8,11,14,18H,5,9-10H2,1-4H3,(H,19,20). The van der Waals surface area contributed by atoms with E-state index in [1.807, 2.05) is 20.8 Å². The van der Waals surface area contributed by atoms with Gasteiger partial charge in [-0.25, -0.2) is 4.39 Å². The molecular weight excluding hydrogens is 271 g/mol. The van der Waals surface area contributed by atoms with Crippen LogP contribution in [-0.4, -0.2) is 32.2 Å². The molecule has 0 aliphatic rings. The predicted octanol–water partition coefficient (Wildman–Crippen LogP) is 3.05. The number of hydrogen-bond acceptors (Lipinski definition) is 3. The Hall–Kier alpha value is -1.62. The molecule has 0 aliphatic carbocycles. The van der Waals surface area contributed by atoms with Crippen molar-refractivity contribution in [2.24, 2.45) is 5.92 Å². The van der Waals surface area contributed by atoms with E-state index in [-0.39, 0.29) is 23.6 Å². The lowest BCUT2D eigenvalue weighted by atomic mass is 10.0. The lowest BCUT2D eigenvalue weighted by molar-refractivity contribution is 0.0867. The molecule has 0 fully saturated rings. The van der Waals surface area contributed by atoms with Gasteiger partial charge in [0, 0.05) is 13.7 Å². The second-order valence-electron chi connectivity index (χ2n) is 5.37. The van der Waals surface area contributed by atoms with Crippen molar-refractivity contribution in [2.75, 3.05) is 25.6 Å². The zero-order chi connectivity index (χ0) is 15.8. The maximum Gasteiger partial charge on any atom is 0.253 e. The molecule has 1 unspecified atom stereocenters. The smallest absolute Gasteiger partial charge is 0.253 e. The average molecular weight is 296 g/mol. The molecule has 2 N–H and O–H groups in total. The molecule has 1 aromatic carbocycles. The minimum absolute atomic E-state index is 0.107. The van der Waals surface area contributed by atoms with Gasteiger partial charge in [-0.05, 0) is 24.5 Å². The van der Waals surface area contributed by atoms with E-state index in [0.29, 0.717) is 18.7 Å². The molecule has 0 aliphatic heterocycles. The van der Waals surface area contributed by atoms with Gasteiger partial charge >= 0.3 is 0 Å². The van der Waals surface area contributed by atoms with Gasteiger partial charge in [-0.3, -0.25) is 4.79 Å². The van der Waals surface area contributed by atoms with Crippen LogP contribution in [0, 0.1) is 11.7 Å². The normalized spacial score (nSPS) is 12.3. The average Bonchev–Trinajstić information content (AvgIpc) is 2.45. The van der Waals surface area contributed by atoms with Crippen LogP contribution in [0.5, 0.6) is 0 Å². The highest BCUT2D eigenvalue weighted by atomic mass is 19.1. The summed E-state index contributed by atoms with van der Waals surface area (Å²) >= 11 is 0. The summed E-state index contributed by atoms with van der Waals surface area (Å²) in [4.78, 5) is 12.4. The van der Waals surface area contributed by atoms with E-state index in [4.69, 9.17) is 4.74 Å². The Morgan fingerprint density at radius 2 is 2.10 bits per heavy atom. The van der Waals surface area contributed by atoms with E-state index >= 15 is 0 Å². The van der Waals surface area contributed by atoms with E-state index in [0.717, 1.165) is 6.42 Å². The summed E-state index contributed by atoms with van der Waals surface area (Å²) in [6, 6.07) is 4.41. The fourth-order valence-corrected chi connectivity index (χ4v) is 1.97. The monoisotopic (exact) mass is 296 g/mol. The molecule has 0 radical (unpaired) electrons. The SMILES string of the molecule is CCCNc1c(F)cccc1C(=O)NC(COC)C(C)C. The van der Waals surface area contributed by atoms with E-state index in [9.17, 15) is 9.18 Å². The fourth-order valence-electron chi connectivity index (χ4n) is 1.97. The van der Waals surface area contributed by atoms with Crippen LogP contribution in [-0.2, 0) is 4.74 Å². The van der Waals surface area contributed by atoms with E-state index in [1.54, 1.807) is 19.2 Å². The summed E-state index contributed by atoms with van der Waals surface area (Å²) in [5.74, 6) is -0.470. The first-order valence-corrected chi connectivity index (χ1v) is 7.33. The second kappa shape index (κ2) is 8.62. The van der Waals surface area contributed by atoms with Gasteiger partial charge in [0.25, 0.3) is 5.91 Å². The summed E-state index contributed by atoms with van der Waals surface area (Å²) in [6.07, 6.45) is 0.855. The highest BCUT2D eigenvalue weighted by Gasteiger charge is 2.20. The minimum Gasteiger partial charge on any atom is -0.383 e. The third-order valence-corrected chi connectivity index (χ3v) is 3.28. The predicted molar refractivity (Wildman–Crippen MR) is 83.1 cm³/mol. The van der Waals surface area contributed by atoms with Crippen LogP contribution in [0.2, 0.25) is 0 Å². The first-order valence-electron chi connectivity index (χ1n) is 7.33. The minimum atomic E-state index is -0.413. The molecule has 0 saturated carbocycles. The lowest BCUT2D eigenvalue weighted by Crippen LogP contribution is -2.41. The van der Waals surface area contributed by atoms with Crippen LogP contribution >= 0.6 is 0 Å². The number of halogens is 1. The molecule has 1 rings (SSSR count). The van der Waals surface area contributed by atoms with Gasteiger partial charge in [0.2, 0.25) is 0 Å². The van der Waals surface area contributed by atoms with E-state index in [1.165, 1.54) is 6.07 Å². The van der Waals surface area contributed by atoms with Crippen molar-refractivity contribution in [3.63, 3.8) is 0 Å². The third kappa shape index (κ3) is 5.01. The molecule has 5 heteroatoms. The number of methoxy groups -OCH3 is 1. The van der Waals surface area contributed by atoms with Gasteiger partial charge in [-0.2, -0.15) is 0 Å². The fraction of sp³-hybridized carbons (Fsp3) is 0.562. The highest BCUT2D eigenvalue weighted by Crippen LogP contribution is 2.20. The third-order valence-electron chi connectivity index (χ3n) is 3.28. The summed E-state index contributed by atoms with van der Waals surface area (Å²) in [6.45, 7) is 7.04. The van der Waals surface area contributed by atoms with Crippen molar-refractivity contribution < 1.29 is 13.9 Å². The summed E-state index contributed by atoms with van der Waals surface area (Å²) in [7, 11) is 1.60. The molecule has 1 amide bonds. The van der Waals surface area contributed by atoms with Crippen molar-refractivity contribution in [1.82, 2.24) is 5.32 Å². The van der Waals surface area contributed by atoms with Gasteiger partial charge in [0.15, 0.2) is 0 Å². The molecule has 0 bridgehead atoms. The number of hydrogen-bond donors (Lipinski definition) is 2. The molecule has 1 aromatic rings. The van der Waals surface area contributed by atoms with Gasteiger partial charge in [0.1, 0.15) is 5.82 Å². The largest absolute Gasteiger partial charge is 0.383 e. The molecular formula is C16H25FN2O2. The Kier molecular flexibility index (Phi) is 7.15. The molecule has 4 nitrogen and oxygen atoms in total. The zero-order valence-corrected chi connectivity index (χ0v) is 13.2. The lowest BCUT2D eigenvalue weighted by Gasteiger charge is -2.22. The van der Waals surface area contributed by atoms with Crippen LogP contribution in [0.3, 0.4) is 0 Å². The van der Waals surface area contributed by atoms with Crippen molar-refractivity contribution >= 4 is 11.6 Å². The second-order valence-corrected chi connectivity index (χ2v) is 5.37. The number of amides is 1. The van der Waals surface area contributed by atoms with Crippen molar-refractivity contribution in [2.45, 2.75) is 33.2 Å². The maximum atomic E-state index is 13.9. The highest BCUT2D eigenvalue weighted by molar-refractivity contribution is 5.99. The number of carbonyl (C=O) groups excluding carboxylic acids is 1. The molecule has 1 atom stereocenters. The number of rotatable bonds is 8. The molecule has 0 saturated heterocycles. The number of para-hydroxylation sites is 1. The van der Waals surface area contributed by atoms with Crippen molar-refractivity contribution in [3.05, 3.63) is 29.6 Å². The van der Waals surface area contributed by atoms with E-state index < -0.39 is 5.82 Å². The quantitative estimate of drug-likeness (QED) is 0.775. The van der Waals surface area contributed by atoms with Crippen molar-refractivity contribution in [3.8, 4) is 0 Å². The number of anilines is 1. The molecule has 118 valence electrons. The first kappa shape index (κ1) is 17.4. The van der Waals surface area contributed by atoms with Crippen LogP contribution in [0.1, 0.15) is 37.6 Å². The van der Waals surface area contributed by atoms with E-state index in [2.05, 4.69) is 10.6 Å². The zero-order valence-electron chi connectivity index (χ0n) is 13.2. The van der Waals surface area contributed by atoms with Crippen LogP contribution in [0.4, 0.5) is 10.1 Å². The number of carbonyl (C=O) groups is 1. The Morgan fingerprint density at radius 1 is 1.38 bits per heavy atom. The number of benzene rings is 1. The Morgan fingerprint density at radius 3 is 2.67 bits per heavy atom. The summed E-state index contributed by atoms with van der Waals surface area (Å²) in [5.41, 5.74) is 0.585. The van der Waals surface area contributed by atoms with Crippen LogP contribution in [0.25, 0.3) is 0 Å². The van der Waals surface area contributed by atoms with Gasteiger partial charge in [-0.15, -0.1) is 0 Å². The van der Waals surface area contributed by atoms with Gasteiger partial charge in [0.05, 0.1) is 23.9 Å². The van der Waals surface area contributed by atoms with Gasteiger partial charge < -0.3 is 15.4 Å². The molecule has 0 aromatic heterocycles. The summed E-state index contributed by atoms with van der Waals surface area (Å²) in [5, 5.41) is 5.89. The van der Waals surface area contributed by atoms with Crippen LogP contribution < -0.4 is 10.6 Å². The Labute approximate surface area is 126 Å². The topological polar surface area (TPSA) is 50.4 Å². The Balaban J connectivity index is 2.93. The molecule has 21 heavy (non-hydrogen) atoms.